The first-order chi connectivity index (χ1) is 19.9. The number of aliphatic hydroxyl groups is 2. The zero-order chi connectivity index (χ0) is 30.5. The van der Waals surface area contributed by atoms with Gasteiger partial charge in [-0.2, -0.15) is 0 Å². The Morgan fingerprint density at radius 3 is 1.83 bits per heavy atom. The Hall–Kier alpha value is -2.81. The number of esters is 1. The van der Waals surface area contributed by atoms with Gasteiger partial charge in [-0.25, -0.2) is 0 Å². The summed E-state index contributed by atoms with van der Waals surface area (Å²) in [6.07, 6.45) is -0.587. The highest BCUT2D eigenvalue weighted by molar-refractivity contribution is 6.99. The Kier molecular flexibility index (Phi) is 10.1. The van der Waals surface area contributed by atoms with Crippen molar-refractivity contribution in [2.45, 2.75) is 83.3 Å². The molecular formula is C35H47NO5Si. The summed E-state index contributed by atoms with van der Waals surface area (Å²) in [6, 6.07) is 29.8. The summed E-state index contributed by atoms with van der Waals surface area (Å²) in [6.45, 7) is 12.7. The van der Waals surface area contributed by atoms with Crippen molar-refractivity contribution in [1.29, 1.82) is 0 Å². The second-order valence-electron chi connectivity index (χ2n) is 13.4. The van der Waals surface area contributed by atoms with Gasteiger partial charge in [0.05, 0.1) is 12.7 Å². The summed E-state index contributed by atoms with van der Waals surface area (Å²) in [4.78, 5) is 15.6. The second kappa shape index (κ2) is 13.2. The van der Waals surface area contributed by atoms with Crippen molar-refractivity contribution in [3.8, 4) is 0 Å². The lowest BCUT2D eigenvalue weighted by Gasteiger charge is -2.44. The van der Waals surface area contributed by atoms with Crippen molar-refractivity contribution in [2.24, 2.45) is 5.92 Å². The molecule has 7 heteroatoms. The van der Waals surface area contributed by atoms with Gasteiger partial charge in [0.25, 0.3) is 8.32 Å². The quantitative estimate of drug-likeness (QED) is 0.268. The maximum atomic E-state index is 13.6. The molecule has 0 saturated carbocycles. The first-order valence-corrected chi connectivity index (χ1v) is 16.8. The zero-order valence-corrected chi connectivity index (χ0v) is 26.9. The Labute approximate surface area is 252 Å². The molecule has 42 heavy (non-hydrogen) atoms. The van der Waals surface area contributed by atoms with E-state index in [4.69, 9.17) is 9.16 Å². The molecule has 2 N–H and O–H groups in total. The predicted molar refractivity (Wildman–Crippen MR) is 170 cm³/mol. The minimum atomic E-state index is -2.85. The number of aliphatic hydroxyl groups excluding tert-OH is 2. The van der Waals surface area contributed by atoms with E-state index in [1.807, 2.05) is 68.1 Å². The van der Waals surface area contributed by atoms with Crippen LogP contribution in [-0.2, 0) is 20.5 Å². The molecule has 4 rings (SSSR count). The van der Waals surface area contributed by atoms with Gasteiger partial charge in [0, 0.05) is 25.1 Å². The maximum absolute atomic E-state index is 13.6. The predicted octanol–water partition coefficient (Wildman–Crippen LogP) is 4.52. The molecule has 0 amide bonds. The number of nitrogens with zero attached hydrogens (tertiary/aromatic N) is 1. The van der Waals surface area contributed by atoms with Crippen LogP contribution in [0.4, 0.5) is 0 Å². The Morgan fingerprint density at radius 2 is 1.38 bits per heavy atom. The molecule has 0 aliphatic carbocycles. The standard InChI is InChI=1S/C35H47NO5Si/c1-34(2,3)41-33(39)30-22-27(32(31(38)24-37)36(30)23-26-16-10-7-11-17-26)25-40-42(35(4,5)6,28-18-12-8-13-19-28)29-20-14-9-15-21-29/h7-21,27,30-32,37-38H,22-25H2,1-6H3/t27-,30+,31?,32+/m0/s1. The zero-order valence-electron chi connectivity index (χ0n) is 25.9. The third-order valence-corrected chi connectivity index (χ3v) is 13.2. The number of hydrogen-bond acceptors (Lipinski definition) is 6. The van der Waals surface area contributed by atoms with Crippen molar-refractivity contribution in [1.82, 2.24) is 4.90 Å². The largest absolute Gasteiger partial charge is 0.459 e. The van der Waals surface area contributed by atoms with Crippen LogP contribution >= 0.6 is 0 Å². The van der Waals surface area contributed by atoms with Gasteiger partial charge in [0.1, 0.15) is 11.6 Å². The summed E-state index contributed by atoms with van der Waals surface area (Å²) in [5, 5.41) is 23.6. The van der Waals surface area contributed by atoms with Gasteiger partial charge in [-0.05, 0) is 48.2 Å². The van der Waals surface area contributed by atoms with Crippen LogP contribution in [0.1, 0.15) is 53.5 Å². The number of likely N-dealkylation sites (tertiary alicyclic amines) is 1. The number of rotatable bonds is 10. The average Bonchev–Trinajstić information content (AvgIpc) is 3.31. The number of benzene rings is 3. The molecular weight excluding hydrogens is 542 g/mol. The summed E-state index contributed by atoms with van der Waals surface area (Å²) in [7, 11) is -2.85. The van der Waals surface area contributed by atoms with E-state index < -0.39 is 38.7 Å². The number of ether oxygens (including phenoxy) is 1. The molecule has 4 atom stereocenters. The molecule has 1 aliphatic heterocycles. The van der Waals surface area contributed by atoms with Crippen molar-refractivity contribution < 1.29 is 24.2 Å². The van der Waals surface area contributed by atoms with E-state index in [2.05, 4.69) is 69.3 Å². The van der Waals surface area contributed by atoms with E-state index in [1.54, 1.807) is 0 Å². The molecule has 1 aliphatic rings. The summed E-state index contributed by atoms with van der Waals surface area (Å²) < 4.78 is 13.2. The fourth-order valence-corrected chi connectivity index (χ4v) is 11.1. The molecule has 6 nitrogen and oxygen atoms in total. The van der Waals surface area contributed by atoms with Crippen molar-refractivity contribution in [3.63, 3.8) is 0 Å². The minimum Gasteiger partial charge on any atom is -0.459 e. The molecule has 3 aromatic carbocycles. The smallest absolute Gasteiger partial charge is 0.323 e. The summed E-state index contributed by atoms with van der Waals surface area (Å²) in [5.74, 6) is -0.531. The Bertz CT molecular complexity index is 1230. The van der Waals surface area contributed by atoms with E-state index in [9.17, 15) is 15.0 Å². The number of carbonyl (C=O) groups excluding carboxylic acids is 1. The van der Waals surface area contributed by atoms with Gasteiger partial charge in [-0.3, -0.25) is 9.69 Å². The van der Waals surface area contributed by atoms with Crippen LogP contribution in [0.15, 0.2) is 91.0 Å². The highest BCUT2D eigenvalue weighted by Crippen LogP contribution is 2.40. The van der Waals surface area contributed by atoms with Gasteiger partial charge in [0.2, 0.25) is 0 Å². The van der Waals surface area contributed by atoms with Crippen molar-refractivity contribution in [3.05, 3.63) is 96.6 Å². The molecule has 1 saturated heterocycles. The van der Waals surface area contributed by atoms with Crippen LogP contribution in [0.2, 0.25) is 5.04 Å². The highest BCUT2D eigenvalue weighted by Gasteiger charge is 2.53. The number of hydrogen-bond donors (Lipinski definition) is 2. The lowest BCUT2D eigenvalue weighted by molar-refractivity contribution is -0.161. The van der Waals surface area contributed by atoms with Crippen LogP contribution < -0.4 is 10.4 Å². The minimum absolute atomic E-state index is 0.213. The van der Waals surface area contributed by atoms with Crippen molar-refractivity contribution >= 4 is 24.7 Å². The Balaban J connectivity index is 1.76. The molecule has 0 spiro atoms. The molecule has 1 heterocycles. The van der Waals surface area contributed by atoms with E-state index in [1.165, 1.54) is 10.4 Å². The summed E-state index contributed by atoms with van der Waals surface area (Å²) in [5.41, 5.74) is 0.374. The lowest BCUT2D eigenvalue weighted by atomic mass is 9.96. The van der Waals surface area contributed by atoms with Crippen molar-refractivity contribution in [2.75, 3.05) is 13.2 Å². The molecule has 0 aromatic heterocycles. The fourth-order valence-electron chi connectivity index (χ4n) is 6.45. The number of carbonyl (C=O) groups is 1. The Morgan fingerprint density at radius 1 is 0.881 bits per heavy atom. The first-order valence-electron chi connectivity index (χ1n) is 14.9. The van der Waals surface area contributed by atoms with Gasteiger partial charge in [0.15, 0.2) is 0 Å². The molecule has 0 bridgehead atoms. The van der Waals surface area contributed by atoms with Crippen LogP contribution in [0.25, 0.3) is 0 Å². The molecule has 0 radical (unpaired) electrons. The van der Waals surface area contributed by atoms with Gasteiger partial charge < -0.3 is 19.4 Å². The highest BCUT2D eigenvalue weighted by atomic mass is 28.4. The third kappa shape index (κ3) is 7.04. The van der Waals surface area contributed by atoms with Crippen LogP contribution in [0, 0.1) is 5.92 Å². The lowest BCUT2D eigenvalue weighted by Crippen LogP contribution is -2.67. The first kappa shape index (κ1) is 32.1. The van der Waals surface area contributed by atoms with Crippen LogP contribution in [-0.4, -0.2) is 66.4 Å². The van der Waals surface area contributed by atoms with E-state index in [0.717, 1.165) is 5.56 Å². The molecule has 1 fully saturated rings. The van der Waals surface area contributed by atoms with Crippen LogP contribution in [0.5, 0.6) is 0 Å². The monoisotopic (exact) mass is 589 g/mol. The molecule has 226 valence electrons. The van der Waals surface area contributed by atoms with E-state index >= 15 is 0 Å². The van der Waals surface area contributed by atoms with Gasteiger partial charge in [-0.15, -0.1) is 0 Å². The average molecular weight is 590 g/mol. The van der Waals surface area contributed by atoms with Gasteiger partial charge >= 0.3 is 5.97 Å². The SMILES string of the molecule is CC(C)(C)OC(=O)[C@H]1C[C@@H](CO[Si](c2ccccc2)(c2ccccc2)C(C)(C)C)[C@H](C(O)CO)N1Cc1ccccc1. The second-order valence-corrected chi connectivity index (χ2v) is 17.7. The normalized spacial score (nSPS) is 20.8. The topological polar surface area (TPSA) is 79.2 Å². The maximum Gasteiger partial charge on any atom is 0.323 e. The van der Waals surface area contributed by atoms with E-state index in [-0.39, 0.29) is 16.9 Å². The van der Waals surface area contributed by atoms with Crippen LogP contribution in [0.3, 0.4) is 0 Å². The van der Waals surface area contributed by atoms with Gasteiger partial charge in [-0.1, -0.05) is 112 Å². The molecule has 3 aromatic rings. The third-order valence-electron chi connectivity index (χ3n) is 8.19. The van der Waals surface area contributed by atoms with E-state index in [0.29, 0.717) is 19.6 Å². The molecule has 1 unspecified atom stereocenters. The fraction of sp³-hybridized carbons (Fsp3) is 0.457. The summed E-state index contributed by atoms with van der Waals surface area (Å²) >= 11 is 0.